The molecule has 0 aliphatic rings. The van der Waals surface area contributed by atoms with Crippen molar-refractivity contribution in [3.8, 4) is 11.5 Å². The molecule has 0 saturated heterocycles. The number of nitrogens with zero attached hydrogens (tertiary/aromatic N) is 2. The summed E-state index contributed by atoms with van der Waals surface area (Å²) >= 11 is 0. The highest BCUT2D eigenvalue weighted by Crippen LogP contribution is 2.19. The second kappa shape index (κ2) is 14.3. The Morgan fingerprint density at radius 1 is 0.743 bits per heavy atom. The van der Waals surface area contributed by atoms with Gasteiger partial charge in [-0.3, -0.25) is 9.59 Å². The molecule has 2 aromatic rings. The van der Waals surface area contributed by atoms with Gasteiger partial charge in [0.1, 0.15) is 17.4 Å². The van der Waals surface area contributed by atoms with Crippen molar-refractivity contribution in [3.63, 3.8) is 0 Å². The molecule has 4 N–H and O–H groups in total. The van der Waals surface area contributed by atoms with Crippen molar-refractivity contribution in [2.75, 3.05) is 32.7 Å². The largest absolute Gasteiger partial charge is 0.508 e. The molecule has 0 aliphatic carbocycles. The van der Waals surface area contributed by atoms with Crippen molar-refractivity contribution in [2.24, 2.45) is 5.92 Å². The number of phenols is 2. The fraction of sp³-hybridized carbons (Fsp3) is 0.481. The zero-order valence-corrected chi connectivity index (χ0v) is 21.3. The first-order valence-electron chi connectivity index (χ1n) is 12.4. The molecule has 0 aliphatic heterocycles. The van der Waals surface area contributed by atoms with Crippen LogP contribution in [-0.2, 0) is 22.7 Å². The molecule has 0 heterocycles. The van der Waals surface area contributed by atoms with Gasteiger partial charge in [0.05, 0.1) is 0 Å². The van der Waals surface area contributed by atoms with E-state index in [-0.39, 0.29) is 23.3 Å². The molecule has 2 amide bonds. The van der Waals surface area contributed by atoms with E-state index in [0.717, 1.165) is 5.56 Å². The van der Waals surface area contributed by atoms with Crippen molar-refractivity contribution in [1.82, 2.24) is 20.4 Å². The number of carbonyl (C=O) groups is 2. The fourth-order valence-electron chi connectivity index (χ4n) is 4.15. The molecule has 0 spiro atoms. The van der Waals surface area contributed by atoms with Crippen molar-refractivity contribution >= 4 is 11.8 Å². The van der Waals surface area contributed by atoms with Crippen molar-refractivity contribution in [2.45, 2.75) is 46.8 Å². The number of amides is 2. The summed E-state index contributed by atoms with van der Waals surface area (Å²) in [5.41, 5.74) is 1.41. The van der Waals surface area contributed by atoms with E-state index >= 15 is 0 Å². The Morgan fingerprint density at radius 2 is 1.17 bits per heavy atom. The summed E-state index contributed by atoms with van der Waals surface area (Å²) in [4.78, 5) is 30.6. The molecule has 0 fully saturated rings. The Hall–Kier alpha value is -3.10. The zero-order chi connectivity index (χ0) is 25.8. The zero-order valence-electron chi connectivity index (χ0n) is 21.3. The summed E-state index contributed by atoms with van der Waals surface area (Å²) in [6.45, 7) is 10.6. The minimum absolute atomic E-state index is 0.155. The van der Waals surface area contributed by atoms with Gasteiger partial charge in [0.2, 0.25) is 11.8 Å². The number of hydrogen-bond acceptors (Lipinski definition) is 6. The van der Waals surface area contributed by atoms with Crippen LogP contribution in [-0.4, -0.2) is 70.6 Å². The van der Waals surface area contributed by atoms with E-state index in [0.29, 0.717) is 51.4 Å². The average Bonchev–Trinajstić information content (AvgIpc) is 2.86. The van der Waals surface area contributed by atoms with Crippen LogP contribution in [0.25, 0.3) is 0 Å². The highest BCUT2D eigenvalue weighted by Gasteiger charge is 2.38. The number of benzene rings is 2. The van der Waals surface area contributed by atoms with E-state index in [1.807, 2.05) is 52.0 Å². The van der Waals surface area contributed by atoms with Crippen molar-refractivity contribution in [1.29, 1.82) is 0 Å². The highest BCUT2D eigenvalue weighted by atomic mass is 16.3. The van der Waals surface area contributed by atoms with Crippen LogP contribution in [0.15, 0.2) is 48.5 Å². The lowest BCUT2D eigenvalue weighted by Crippen LogP contribution is -2.56. The fourth-order valence-corrected chi connectivity index (χ4v) is 4.15. The molecule has 0 saturated carbocycles. The third kappa shape index (κ3) is 7.70. The molecule has 192 valence electrons. The number of carbonyl (C=O) groups excluding carboxylic acids is 2. The van der Waals surface area contributed by atoms with Crippen LogP contribution in [0.2, 0.25) is 0 Å². The number of para-hydroxylation sites is 2. The third-order valence-corrected chi connectivity index (χ3v) is 6.30. The van der Waals surface area contributed by atoms with E-state index in [1.54, 1.807) is 34.1 Å². The topological polar surface area (TPSA) is 105 Å². The first-order chi connectivity index (χ1) is 16.9. The Labute approximate surface area is 208 Å². The molecule has 0 radical (unpaired) electrons. The van der Waals surface area contributed by atoms with Gasteiger partial charge in [0, 0.05) is 63.0 Å². The maximum atomic E-state index is 13.6. The van der Waals surface area contributed by atoms with Crippen LogP contribution < -0.4 is 10.6 Å². The van der Waals surface area contributed by atoms with Crippen LogP contribution in [0.5, 0.6) is 11.5 Å². The molecule has 0 bridgehead atoms. The molecular weight excluding hydrogens is 444 g/mol. The summed E-state index contributed by atoms with van der Waals surface area (Å²) < 4.78 is 0. The van der Waals surface area contributed by atoms with Gasteiger partial charge in [0.25, 0.3) is 0 Å². The standard InChI is InChI=1S/C27H40N4O4/c1-5-30(6-2)26(34)25(27(35)31(7-3)8-4)22(29-18-21-14-10-12-16-24(21)33)19-28-17-20-13-9-11-15-23(20)32/h9-16,22,25,28-29,32-33H,5-8,17-19H2,1-4H3. The first-order valence-corrected chi connectivity index (χ1v) is 12.4. The quantitative estimate of drug-likeness (QED) is 0.307. The van der Waals surface area contributed by atoms with Crippen LogP contribution >= 0.6 is 0 Å². The predicted octanol–water partition coefficient (Wildman–Crippen LogP) is 2.70. The molecular formula is C27H40N4O4. The van der Waals surface area contributed by atoms with Gasteiger partial charge < -0.3 is 30.6 Å². The summed E-state index contributed by atoms with van der Waals surface area (Å²) in [6, 6.07) is 13.5. The molecule has 2 aromatic carbocycles. The van der Waals surface area contributed by atoms with Gasteiger partial charge in [0.15, 0.2) is 0 Å². The Kier molecular flexibility index (Phi) is 11.5. The molecule has 35 heavy (non-hydrogen) atoms. The van der Waals surface area contributed by atoms with Gasteiger partial charge in [-0.25, -0.2) is 0 Å². The summed E-state index contributed by atoms with van der Waals surface area (Å²) in [5.74, 6) is -1.02. The second-order valence-corrected chi connectivity index (χ2v) is 8.37. The van der Waals surface area contributed by atoms with E-state index < -0.39 is 12.0 Å². The smallest absolute Gasteiger partial charge is 0.236 e. The maximum Gasteiger partial charge on any atom is 0.236 e. The number of hydrogen-bond donors (Lipinski definition) is 4. The van der Waals surface area contributed by atoms with Gasteiger partial charge in [-0.15, -0.1) is 0 Å². The summed E-state index contributed by atoms with van der Waals surface area (Å²) in [6.07, 6.45) is 0. The molecule has 8 heteroatoms. The SMILES string of the molecule is CCN(CC)C(=O)C(C(=O)N(CC)CC)C(CNCc1ccccc1O)NCc1ccccc1O. The lowest BCUT2D eigenvalue weighted by Gasteiger charge is -2.34. The van der Waals surface area contributed by atoms with Crippen LogP contribution in [0, 0.1) is 5.92 Å². The third-order valence-electron chi connectivity index (χ3n) is 6.30. The Bertz CT molecular complexity index is 920. The molecule has 1 unspecified atom stereocenters. The molecule has 8 nitrogen and oxygen atoms in total. The van der Waals surface area contributed by atoms with Gasteiger partial charge in [-0.1, -0.05) is 36.4 Å². The second-order valence-electron chi connectivity index (χ2n) is 8.37. The minimum atomic E-state index is -0.933. The van der Waals surface area contributed by atoms with Crippen LogP contribution in [0.4, 0.5) is 0 Å². The van der Waals surface area contributed by atoms with E-state index in [1.165, 1.54) is 0 Å². The van der Waals surface area contributed by atoms with E-state index in [4.69, 9.17) is 0 Å². The number of aromatic hydroxyl groups is 2. The minimum Gasteiger partial charge on any atom is -0.508 e. The predicted molar refractivity (Wildman–Crippen MR) is 138 cm³/mol. The molecule has 0 aromatic heterocycles. The Morgan fingerprint density at radius 3 is 1.60 bits per heavy atom. The van der Waals surface area contributed by atoms with Gasteiger partial charge in [-0.05, 0) is 39.8 Å². The number of nitrogens with one attached hydrogen (secondary N) is 2. The van der Waals surface area contributed by atoms with Crippen LogP contribution in [0.3, 0.4) is 0 Å². The Balaban J connectivity index is 2.35. The van der Waals surface area contributed by atoms with E-state index in [2.05, 4.69) is 10.6 Å². The highest BCUT2D eigenvalue weighted by molar-refractivity contribution is 6.01. The summed E-state index contributed by atoms with van der Waals surface area (Å²) in [5, 5.41) is 27.0. The van der Waals surface area contributed by atoms with Crippen molar-refractivity contribution < 1.29 is 19.8 Å². The summed E-state index contributed by atoms with van der Waals surface area (Å²) in [7, 11) is 0. The normalized spacial score (nSPS) is 11.9. The molecule has 1 atom stereocenters. The lowest BCUT2D eigenvalue weighted by atomic mass is 9.94. The maximum absolute atomic E-state index is 13.6. The molecule has 2 rings (SSSR count). The van der Waals surface area contributed by atoms with Gasteiger partial charge in [-0.2, -0.15) is 0 Å². The number of phenolic OH excluding ortho intramolecular Hbond substituents is 2. The number of rotatable bonds is 14. The van der Waals surface area contributed by atoms with Crippen LogP contribution in [0.1, 0.15) is 38.8 Å². The van der Waals surface area contributed by atoms with E-state index in [9.17, 15) is 19.8 Å². The monoisotopic (exact) mass is 484 g/mol. The lowest BCUT2D eigenvalue weighted by molar-refractivity contribution is -0.148. The van der Waals surface area contributed by atoms with Gasteiger partial charge >= 0.3 is 0 Å². The van der Waals surface area contributed by atoms with Crippen molar-refractivity contribution in [3.05, 3.63) is 59.7 Å². The average molecular weight is 485 g/mol. The first kappa shape index (κ1) is 28.1.